The van der Waals surface area contributed by atoms with E-state index < -0.39 is 11.7 Å². The van der Waals surface area contributed by atoms with Gasteiger partial charge in [-0.3, -0.25) is 9.69 Å². The molecular formula is C11H17N3O3S. The summed E-state index contributed by atoms with van der Waals surface area (Å²) in [6, 6.07) is 0. The van der Waals surface area contributed by atoms with Crippen LogP contribution >= 0.6 is 11.5 Å². The summed E-state index contributed by atoms with van der Waals surface area (Å²) in [7, 11) is 1.56. The molecule has 0 spiro atoms. The molecule has 18 heavy (non-hydrogen) atoms. The van der Waals surface area contributed by atoms with Gasteiger partial charge in [-0.15, -0.1) is 0 Å². The van der Waals surface area contributed by atoms with Gasteiger partial charge in [0.05, 0.1) is 6.42 Å². The maximum atomic E-state index is 11.8. The number of hydrogen-bond acceptors (Lipinski definition) is 6. The molecule has 1 amide bonds. The number of nitrogens with zero attached hydrogens (tertiary/aromatic N) is 3. The average Bonchev–Trinajstić information content (AvgIpc) is 2.61. The molecule has 0 bridgehead atoms. The van der Waals surface area contributed by atoms with Crippen molar-refractivity contribution in [2.24, 2.45) is 0 Å². The lowest BCUT2D eigenvalue weighted by molar-refractivity contribution is -0.116. The Hall–Kier alpha value is -1.50. The van der Waals surface area contributed by atoms with Gasteiger partial charge >= 0.3 is 6.09 Å². The standard InChI is InChI=1S/C11H17N3O3S/c1-7(15)6-8-12-9(18-13-8)14(5)10(16)17-11(2,3)4/h6H2,1-5H3. The predicted molar refractivity (Wildman–Crippen MR) is 68.9 cm³/mol. The fourth-order valence-electron chi connectivity index (χ4n) is 1.08. The number of carbonyl (C=O) groups is 2. The first kappa shape index (κ1) is 14.6. The second-order valence-electron chi connectivity index (χ2n) is 4.91. The van der Waals surface area contributed by atoms with E-state index in [1.54, 1.807) is 27.8 Å². The molecule has 0 fully saturated rings. The molecule has 0 aliphatic carbocycles. The molecule has 0 unspecified atom stereocenters. The third kappa shape index (κ3) is 4.40. The van der Waals surface area contributed by atoms with Crippen LogP contribution in [0.25, 0.3) is 0 Å². The van der Waals surface area contributed by atoms with Gasteiger partial charge in [0.25, 0.3) is 0 Å². The normalized spacial score (nSPS) is 11.2. The Labute approximate surface area is 110 Å². The van der Waals surface area contributed by atoms with Crippen LogP contribution in [0.4, 0.5) is 9.93 Å². The van der Waals surface area contributed by atoms with E-state index in [1.165, 1.54) is 11.8 Å². The van der Waals surface area contributed by atoms with Crippen LogP contribution in [0.2, 0.25) is 0 Å². The van der Waals surface area contributed by atoms with Crippen LogP contribution < -0.4 is 4.90 Å². The van der Waals surface area contributed by atoms with E-state index in [9.17, 15) is 9.59 Å². The monoisotopic (exact) mass is 271 g/mol. The topological polar surface area (TPSA) is 72.4 Å². The van der Waals surface area contributed by atoms with Crippen molar-refractivity contribution in [2.45, 2.75) is 39.7 Å². The number of ether oxygens (including phenoxy) is 1. The molecule has 0 saturated heterocycles. The van der Waals surface area contributed by atoms with E-state index in [2.05, 4.69) is 9.36 Å². The highest BCUT2D eigenvalue weighted by molar-refractivity contribution is 7.09. The molecule has 1 aromatic rings. The van der Waals surface area contributed by atoms with Crippen molar-refractivity contribution in [3.63, 3.8) is 0 Å². The van der Waals surface area contributed by atoms with Gasteiger partial charge in [0.15, 0.2) is 5.82 Å². The third-order valence-corrected chi connectivity index (χ3v) is 2.65. The molecule has 1 aromatic heterocycles. The lowest BCUT2D eigenvalue weighted by atomic mass is 10.2. The molecule has 0 radical (unpaired) electrons. The van der Waals surface area contributed by atoms with E-state index >= 15 is 0 Å². The summed E-state index contributed by atoms with van der Waals surface area (Å²) in [6.07, 6.45) is -0.313. The van der Waals surface area contributed by atoms with Gasteiger partial charge in [0, 0.05) is 18.6 Å². The summed E-state index contributed by atoms with van der Waals surface area (Å²) in [5.74, 6) is 0.414. The Balaban J connectivity index is 2.72. The van der Waals surface area contributed by atoms with Crippen molar-refractivity contribution < 1.29 is 14.3 Å². The van der Waals surface area contributed by atoms with Crippen LogP contribution in [0.15, 0.2) is 0 Å². The number of anilines is 1. The van der Waals surface area contributed by atoms with E-state index in [-0.39, 0.29) is 12.2 Å². The van der Waals surface area contributed by atoms with Gasteiger partial charge in [0.1, 0.15) is 11.4 Å². The fourth-order valence-corrected chi connectivity index (χ4v) is 1.72. The molecule has 100 valence electrons. The van der Waals surface area contributed by atoms with Crippen LogP contribution in [-0.4, -0.2) is 33.9 Å². The summed E-state index contributed by atoms with van der Waals surface area (Å²) in [5, 5.41) is 0.417. The van der Waals surface area contributed by atoms with Crippen LogP contribution in [0.5, 0.6) is 0 Å². The van der Waals surface area contributed by atoms with Gasteiger partial charge in [0.2, 0.25) is 5.13 Å². The van der Waals surface area contributed by atoms with Crippen LogP contribution in [0.3, 0.4) is 0 Å². The Morgan fingerprint density at radius 3 is 2.50 bits per heavy atom. The second-order valence-corrected chi connectivity index (χ2v) is 5.64. The molecule has 1 heterocycles. The Kier molecular flexibility index (Phi) is 4.39. The zero-order valence-electron chi connectivity index (χ0n) is 11.2. The molecule has 0 N–H and O–H groups in total. The minimum absolute atomic E-state index is 0.0146. The maximum Gasteiger partial charge on any atom is 0.416 e. The van der Waals surface area contributed by atoms with Crippen molar-refractivity contribution in [1.82, 2.24) is 9.36 Å². The Morgan fingerprint density at radius 1 is 1.39 bits per heavy atom. The smallest absolute Gasteiger partial charge is 0.416 e. The van der Waals surface area contributed by atoms with Gasteiger partial charge in [-0.1, -0.05) is 0 Å². The number of carbonyl (C=O) groups excluding carboxylic acids is 2. The molecular weight excluding hydrogens is 254 g/mol. The Bertz CT molecular complexity index is 451. The highest BCUT2D eigenvalue weighted by Gasteiger charge is 2.22. The quantitative estimate of drug-likeness (QED) is 0.841. The van der Waals surface area contributed by atoms with Gasteiger partial charge in [-0.2, -0.15) is 4.37 Å². The average molecular weight is 271 g/mol. The van der Waals surface area contributed by atoms with E-state index in [0.29, 0.717) is 11.0 Å². The van der Waals surface area contributed by atoms with Crippen molar-refractivity contribution in [1.29, 1.82) is 0 Å². The molecule has 0 aromatic carbocycles. The molecule has 1 rings (SSSR count). The molecule has 0 aliphatic heterocycles. The van der Waals surface area contributed by atoms with Crippen molar-refractivity contribution >= 4 is 28.5 Å². The van der Waals surface area contributed by atoms with Crippen molar-refractivity contribution in [3.8, 4) is 0 Å². The van der Waals surface area contributed by atoms with Crippen LogP contribution in [0, 0.1) is 0 Å². The molecule has 0 aliphatic rings. The highest BCUT2D eigenvalue weighted by Crippen LogP contribution is 2.19. The zero-order chi connectivity index (χ0) is 13.9. The molecule has 6 nitrogen and oxygen atoms in total. The highest BCUT2D eigenvalue weighted by atomic mass is 32.1. The first-order valence-corrected chi connectivity index (χ1v) is 6.25. The van der Waals surface area contributed by atoms with E-state index in [1.807, 2.05) is 0 Å². The number of ketones is 1. The molecule has 0 saturated carbocycles. The number of aromatic nitrogens is 2. The van der Waals surface area contributed by atoms with E-state index in [0.717, 1.165) is 11.5 Å². The number of hydrogen-bond donors (Lipinski definition) is 0. The minimum Gasteiger partial charge on any atom is -0.443 e. The summed E-state index contributed by atoms with van der Waals surface area (Å²) >= 11 is 1.07. The van der Waals surface area contributed by atoms with Crippen molar-refractivity contribution in [3.05, 3.63) is 5.82 Å². The first-order chi connectivity index (χ1) is 8.19. The Morgan fingerprint density at radius 2 is 2.00 bits per heavy atom. The maximum absolute atomic E-state index is 11.8. The first-order valence-electron chi connectivity index (χ1n) is 5.48. The van der Waals surface area contributed by atoms with Crippen LogP contribution in [-0.2, 0) is 16.0 Å². The third-order valence-electron chi connectivity index (χ3n) is 1.82. The van der Waals surface area contributed by atoms with Crippen molar-refractivity contribution in [2.75, 3.05) is 11.9 Å². The summed E-state index contributed by atoms with van der Waals surface area (Å²) in [5.41, 5.74) is -0.557. The number of Topliss-reactive ketones (excluding diaryl/α,β-unsaturated/α-hetero) is 1. The molecule has 0 atom stereocenters. The summed E-state index contributed by atoms with van der Waals surface area (Å²) < 4.78 is 9.22. The van der Waals surface area contributed by atoms with Gasteiger partial charge in [-0.05, 0) is 27.7 Å². The lowest BCUT2D eigenvalue weighted by Crippen LogP contribution is -2.34. The summed E-state index contributed by atoms with van der Waals surface area (Å²) in [4.78, 5) is 28.1. The number of rotatable bonds is 3. The zero-order valence-corrected chi connectivity index (χ0v) is 12.0. The van der Waals surface area contributed by atoms with E-state index in [4.69, 9.17) is 4.74 Å². The predicted octanol–water partition coefficient (Wildman–Crippen LogP) is 2.04. The van der Waals surface area contributed by atoms with Gasteiger partial charge in [-0.25, -0.2) is 9.78 Å². The van der Waals surface area contributed by atoms with Crippen LogP contribution in [0.1, 0.15) is 33.5 Å². The van der Waals surface area contributed by atoms with Gasteiger partial charge < -0.3 is 4.74 Å². The lowest BCUT2D eigenvalue weighted by Gasteiger charge is -2.22. The second kappa shape index (κ2) is 5.43. The number of amides is 1. The SMILES string of the molecule is CC(=O)Cc1nsc(N(C)C(=O)OC(C)(C)C)n1. The minimum atomic E-state index is -0.557. The molecule has 7 heteroatoms. The largest absolute Gasteiger partial charge is 0.443 e. The summed E-state index contributed by atoms with van der Waals surface area (Å²) in [6.45, 7) is 6.85. The fraction of sp³-hybridized carbons (Fsp3) is 0.636.